The molecule has 0 aromatic heterocycles. The number of aliphatic carboxylic acids is 1. The highest BCUT2D eigenvalue weighted by molar-refractivity contribution is 5.67. The van der Waals surface area contributed by atoms with Gasteiger partial charge in [0.2, 0.25) is 0 Å². The summed E-state index contributed by atoms with van der Waals surface area (Å²) in [6.07, 6.45) is -0.0562. The van der Waals surface area contributed by atoms with E-state index in [1.807, 2.05) is 18.2 Å². The van der Waals surface area contributed by atoms with Crippen molar-refractivity contribution in [1.29, 1.82) is 0 Å². The van der Waals surface area contributed by atoms with E-state index < -0.39 is 12.0 Å². The maximum absolute atomic E-state index is 10.5. The summed E-state index contributed by atoms with van der Waals surface area (Å²) in [6.45, 7) is 4.62. The molecule has 1 unspecified atom stereocenters. The van der Waals surface area contributed by atoms with Gasteiger partial charge in [-0.1, -0.05) is 19.9 Å². The molecule has 1 aromatic rings. The molecule has 1 aromatic carbocycles. The van der Waals surface area contributed by atoms with Crippen molar-refractivity contribution in [2.45, 2.75) is 32.2 Å². The van der Waals surface area contributed by atoms with Crippen LogP contribution in [0.4, 0.5) is 5.69 Å². The van der Waals surface area contributed by atoms with Gasteiger partial charge in [0, 0.05) is 12.6 Å². The van der Waals surface area contributed by atoms with Gasteiger partial charge >= 0.3 is 5.97 Å². The van der Waals surface area contributed by atoms with Gasteiger partial charge in [-0.05, 0) is 23.6 Å². The minimum absolute atomic E-state index is 0.0562. The summed E-state index contributed by atoms with van der Waals surface area (Å²) in [5, 5.41) is 11.8. The molecule has 0 radical (unpaired) electrons. The highest BCUT2D eigenvalue weighted by atomic mass is 16.5. The van der Waals surface area contributed by atoms with E-state index in [9.17, 15) is 4.79 Å². The molecule has 5 heteroatoms. The van der Waals surface area contributed by atoms with E-state index >= 15 is 0 Å². The zero-order valence-corrected chi connectivity index (χ0v) is 11.6. The van der Waals surface area contributed by atoms with Gasteiger partial charge in [0.05, 0.1) is 19.2 Å². The molecule has 0 amide bonds. The van der Waals surface area contributed by atoms with Crippen molar-refractivity contribution in [2.75, 3.05) is 19.0 Å². The third-order valence-electron chi connectivity index (χ3n) is 2.88. The lowest BCUT2D eigenvalue weighted by Gasteiger charge is -2.16. The SMILES string of the molecule is COc1cc(C(C)C)ccc1NCC(N)CC(=O)O. The van der Waals surface area contributed by atoms with Crippen LogP contribution < -0.4 is 15.8 Å². The summed E-state index contributed by atoms with van der Waals surface area (Å²) in [7, 11) is 1.61. The molecule has 0 bridgehead atoms. The quantitative estimate of drug-likeness (QED) is 0.703. The molecule has 106 valence electrons. The molecule has 0 saturated heterocycles. The highest BCUT2D eigenvalue weighted by Gasteiger charge is 2.10. The lowest BCUT2D eigenvalue weighted by Crippen LogP contribution is -2.31. The normalized spacial score (nSPS) is 12.3. The predicted molar refractivity (Wildman–Crippen MR) is 75.8 cm³/mol. The van der Waals surface area contributed by atoms with Crippen molar-refractivity contribution < 1.29 is 14.6 Å². The Labute approximate surface area is 113 Å². The Morgan fingerprint density at radius 1 is 1.47 bits per heavy atom. The number of benzene rings is 1. The molecule has 0 aliphatic heterocycles. The van der Waals surface area contributed by atoms with Crippen LogP contribution in [0.5, 0.6) is 5.75 Å². The third kappa shape index (κ3) is 4.79. The fraction of sp³-hybridized carbons (Fsp3) is 0.500. The van der Waals surface area contributed by atoms with Gasteiger partial charge in [-0.15, -0.1) is 0 Å². The lowest BCUT2D eigenvalue weighted by molar-refractivity contribution is -0.137. The zero-order valence-electron chi connectivity index (χ0n) is 11.6. The van der Waals surface area contributed by atoms with Crippen molar-refractivity contribution in [3.05, 3.63) is 23.8 Å². The van der Waals surface area contributed by atoms with E-state index in [2.05, 4.69) is 19.2 Å². The Morgan fingerprint density at radius 3 is 2.68 bits per heavy atom. The van der Waals surface area contributed by atoms with Crippen molar-refractivity contribution in [1.82, 2.24) is 0 Å². The molecule has 0 spiro atoms. The molecule has 0 fully saturated rings. The number of hydrogen-bond acceptors (Lipinski definition) is 4. The van der Waals surface area contributed by atoms with Gasteiger partial charge in [0.15, 0.2) is 0 Å². The van der Waals surface area contributed by atoms with Crippen molar-refractivity contribution in [3.63, 3.8) is 0 Å². The summed E-state index contributed by atoms with van der Waals surface area (Å²) < 4.78 is 5.33. The number of rotatable bonds is 7. The van der Waals surface area contributed by atoms with Gasteiger partial charge in [0.1, 0.15) is 5.75 Å². The average molecular weight is 266 g/mol. The molecule has 0 saturated carbocycles. The number of hydrogen-bond donors (Lipinski definition) is 3. The first-order chi connectivity index (χ1) is 8.93. The molecule has 1 rings (SSSR count). The van der Waals surface area contributed by atoms with Gasteiger partial charge in [-0.2, -0.15) is 0 Å². The molecule has 0 aliphatic carbocycles. The summed E-state index contributed by atoms with van der Waals surface area (Å²) in [5.41, 5.74) is 7.73. The Morgan fingerprint density at radius 2 is 2.16 bits per heavy atom. The second-order valence-corrected chi connectivity index (χ2v) is 4.85. The molecular weight excluding hydrogens is 244 g/mol. The van der Waals surface area contributed by atoms with Gasteiger partial charge < -0.3 is 20.9 Å². The third-order valence-corrected chi connectivity index (χ3v) is 2.88. The minimum Gasteiger partial charge on any atom is -0.495 e. The van der Waals surface area contributed by atoms with Crippen molar-refractivity contribution >= 4 is 11.7 Å². The smallest absolute Gasteiger partial charge is 0.304 e. The maximum atomic E-state index is 10.5. The van der Waals surface area contributed by atoms with Crippen LogP contribution in [0.3, 0.4) is 0 Å². The zero-order chi connectivity index (χ0) is 14.4. The standard InChI is InChI=1S/C14H22N2O3/c1-9(2)10-4-5-12(13(6-10)19-3)16-8-11(15)7-14(17)18/h4-6,9,11,16H,7-8,15H2,1-3H3,(H,17,18). The first kappa shape index (κ1) is 15.3. The maximum Gasteiger partial charge on any atom is 0.304 e. The van der Waals surface area contributed by atoms with E-state index in [1.165, 1.54) is 5.56 Å². The van der Waals surface area contributed by atoms with Crippen LogP contribution in [0, 0.1) is 0 Å². The van der Waals surface area contributed by atoms with Gasteiger partial charge in [0.25, 0.3) is 0 Å². The van der Waals surface area contributed by atoms with Crippen molar-refractivity contribution in [3.8, 4) is 5.75 Å². The second kappa shape index (κ2) is 6.99. The van der Waals surface area contributed by atoms with Gasteiger partial charge in [-0.3, -0.25) is 4.79 Å². The van der Waals surface area contributed by atoms with Gasteiger partial charge in [-0.25, -0.2) is 0 Å². The fourth-order valence-electron chi connectivity index (χ4n) is 1.75. The summed E-state index contributed by atoms with van der Waals surface area (Å²) >= 11 is 0. The predicted octanol–water partition coefficient (Wildman–Crippen LogP) is 2.03. The van der Waals surface area contributed by atoms with Crippen LogP contribution in [-0.2, 0) is 4.79 Å². The molecule has 5 nitrogen and oxygen atoms in total. The lowest BCUT2D eigenvalue weighted by atomic mass is 10.0. The number of carboxylic acid groups (broad SMARTS) is 1. The molecule has 19 heavy (non-hydrogen) atoms. The Balaban J connectivity index is 2.70. The molecule has 4 N–H and O–H groups in total. The number of ether oxygens (including phenoxy) is 1. The highest BCUT2D eigenvalue weighted by Crippen LogP contribution is 2.28. The van der Waals surface area contributed by atoms with Crippen LogP contribution in [0.2, 0.25) is 0 Å². The number of nitrogens with one attached hydrogen (secondary N) is 1. The Hall–Kier alpha value is -1.75. The van der Waals surface area contributed by atoms with Crippen LogP contribution in [0.15, 0.2) is 18.2 Å². The molecule has 0 aliphatic rings. The fourth-order valence-corrected chi connectivity index (χ4v) is 1.75. The number of carbonyl (C=O) groups is 1. The number of nitrogens with two attached hydrogens (primary N) is 1. The Kier molecular flexibility index (Phi) is 5.63. The monoisotopic (exact) mass is 266 g/mol. The number of methoxy groups -OCH3 is 1. The van der Waals surface area contributed by atoms with E-state index in [-0.39, 0.29) is 6.42 Å². The minimum atomic E-state index is -0.892. The van der Waals surface area contributed by atoms with Crippen LogP contribution in [0.1, 0.15) is 31.7 Å². The largest absolute Gasteiger partial charge is 0.495 e. The summed E-state index contributed by atoms with van der Waals surface area (Å²) in [5.74, 6) is 0.280. The first-order valence-electron chi connectivity index (χ1n) is 6.33. The van der Waals surface area contributed by atoms with E-state index in [4.69, 9.17) is 15.6 Å². The number of carboxylic acids is 1. The molecule has 1 atom stereocenters. The van der Waals surface area contributed by atoms with Crippen molar-refractivity contribution in [2.24, 2.45) is 5.73 Å². The molecule has 0 heterocycles. The van der Waals surface area contributed by atoms with E-state index in [0.29, 0.717) is 12.5 Å². The van der Waals surface area contributed by atoms with E-state index in [1.54, 1.807) is 7.11 Å². The summed E-state index contributed by atoms with van der Waals surface area (Å²) in [4.78, 5) is 10.5. The topological polar surface area (TPSA) is 84.6 Å². The second-order valence-electron chi connectivity index (χ2n) is 4.85. The average Bonchev–Trinajstić information content (AvgIpc) is 2.35. The summed E-state index contributed by atoms with van der Waals surface area (Å²) in [6, 6.07) is 5.52. The first-order valence-corrected chi connectivity index (χ1v) is 6.33. The molecular formula is C14H22N2O3. The van der Waals surface area contributed by atoms with Crippen LogP contribution in [-0.4, -0.2) is 30.8 Å². The Bertz CT molecular complexity index is 433. The van der Waals surface area contributed by atoms with Crippen LogP contribution >= 0.6 is 0 Å². The number of anilines is 1. The van der Waals surface area contributed by atoms with E-state index in [0.717, 1.165) is 11.4 Å². The van der Waals surface area contributed by atoms with Crippen LogP contribution in [0.25, 0.3) is 0 Å².